The molecule has 1 aromatic heterocycles. The van der Waals surface area contributed by atoms with E-state index in [2.05, 4.69) is 18.4 Å². The normalized spacial score (nSPS) is 10.3. The molecule has 2 N–H and O–H groups in total. The standard InChI is InChI=1S/C11H18N2OS/c1-9-5-7-15-10(9)8-13(2)11(14)4-3-6-12/h5,7H,3-4,6,8,12H2,1-2H3. The van der Waals surface area contributed by atoms with Crippen molar-refractivity contribution < 1.29 is 4.79 Å². The third-order valence-corrected chi connectivity index (χ3v) is 3.38. The van der Waals surface area contributed by atoms with E-state index in [1.807, 2.05) is 7.05 Å². The number of hydrogen-bond acceptors (Lipinski definition) is 3. The summed E-state index contributed by atoms with van der Waals surface area (Å²) in [6.07, 6.45) is 1.32. The van der Waals surface area contributed by atoms with Gasteiger partial charge in [0.25, 0.3) is 0 Å². The fraction of sp³-hybridized carbons (Fsp3) is 0.545. The third kappa shape index (κ3) is 3.64. The molecule has 1 rings (SSSR count). The van der Waals surface area contributed by atoms with Crippen molar-refractivity contribution in [3.05, 3.63) is 21.9 Å². The van der Waals surface area contributed by atoms with Crippen molar-refractivity contribution in [1.82, 2.24) is 4.90 Å². The van der Waals surface area contributed by atoms with Crippen LogP contribution in [0, 0.1) is 6.92 Å². The fourth-order valence-corrected chi connectivity index (χ4v) is 2.27. The van der Waals surface area contributed by atoms with Gasteiger partial charge in [0.05, 0.1) is 6.54 Å². The average Bonchev–Trinajstić information content (AvgIpc) is 2.61. The van der Waals surface area contributed by atoms with Crippen LogP contribution in [0.2, 0.25) is 0 Å². The van der Waals surface area contributed by atoms with Crippen LogP contribution in [-0.4, -0.2) is 24.4 Å². The van der Waals surface area contributed by atoms with Gasteiger partial charge < -0.3 is 10.6 Å². The van der Waals surface area contributed by atoms with E-state index in [1.54, 1.807) is 16.2 Å². The summed E-state index contributed by atoms with van der Waals surface area (Å²) in [5.41, 5.74) is 6.63. The summed E-state index contributed by atoms with van der Waals surface area (Å²) in [7, 11) is 1.85. The lowest BCUT2D eigenvalue weighted by atomic mass is 10.2. The van der Waals surface area contributed by atoms with Gasteiger partial charge >= 0.3 is 0 Å². The molecule has 0 aliphatic rings. The van der Waals surface area contributed by atoms with Crippen molar-refractivity contribution >= 4 is 17.2 Å². The second-order valence-electron chi connectivity index (χ2n) is 3.67. The molecule has 0 saturated heterocycles. The van der Waals surface area contributed by atoms with E-state index >= 15 is 0 Å². The van der Waals surface area contributed by atoms with Gasteiger partial charge in [-0.2, -0.15) is 0 Å². The SMILES string of the molecule is Cc1ccsc1CN(C)C(=O)CCCN. The molecular weight excluding hydrogens is 208 g/mol. The van der Waals surface area contributed by atoms with E-state index in [4.69, 9.17) is 5.73 Å². The first kappa shape index (κ1) is 12.2. The molecule has 0 aromatic carbocycles. The van der Waals surface area contributed by atoms with Gasteiger partial charge in [0.1, 0.15) is 0 Å². The highest BCUT2D eigenvalue weighted by Crippen LogP contribution is 2.17. The second-order valence-corrected chi connectivity index (χ2v) is 4.67. The predicted molar refractivity (Wildman–Crippen MR) is 63.8 cm³/mol. The average molecular weight is 226 g/mol. The van der Waals surface area contributed by atoms with Gasteiger partial charge in [0, 0.05) is 18.3 Å². The minimum Gasteiger partial charge on any atom is -0.341 e. The van der Waals surface area contributed by atoms with Crippen LogP contribution < -0.4 is 5.73 Å². The number of amides is 1. The molecule has 0 fully saturated rings. The summed E-state index contributed by atoms with van der Waals surface area (Å²) in [4.78, 5) is 14.6. The molecule has 4 heteroatoms. The summed E-state index contributed by atoms with van der Waals surface area (Å²) >= 11 is 1.70. The van der Waals surface area contributed by atoms with Gasteiger partial charge in [0.2, 0.25) is 5.91 Å². The number of hydrogen-bond donors (Lipinski definition) is 1. The molecule has 15 heavy (non-hydrogen) atoms. The third-order valence-electron chi connectivity index (χ3n) is 2.37. The first-order chi connectivity index (χ1) is 7.15. The van der Waals surface area contributed by atoms with Crippen molar-refractivity contribution in [2.24, 2.45) is 5.73 Å². The van der Waals surface area contributed by atoms with Crippen LogP contribution in [0.3, 0.4) is 0 Å². The molecule has 84 valence electrons. The zero-order valence-corrected chi connectivity index (χ0v) is 10.1. The Bertz CT molecular complexity index is 322. The van der Waals surface area contributed by atoms with Crippen LogP contribution in [0.15, 0.2) is 11.4 Å². The Morgan fingerprint density at radius 1 is 1.60 bits per heavy atom. The quantitative estimate of drug-likeness (QED) is 0.831. The lowest BCUT2D eigenvalue weighted by Crippen LogP contribution is -2.26. The van der Waals surface area contributed by atoms with E-state index in [0.29, 0.717) is 19.5 Å². The highest BCUT2D eigenvalue weighted by atomic mass is 32.1. The first-order valence-electron chi connectivity index (χ1n) is 5.12. The highest BCUT2D eigenvalue weighted by Gasteiger charge is 2.10. The van der Waals surface area contributed by atoms with Crippen LogP contribution in [0.5, 0.6) is 0 Å². The smallest absolute Gasteiger partial charge is 0.222 e. The lowest BCUT2D eigenvalue weighted by Gasteiger charge is -2.16. The number of rotatable bonds is 5. The van der Waals surface area contributed by atoms with Crippen LogP contribution in [0.25, 0.3) is 0 Å². The number of carbonyl (C=O) groups excluding carboxylic acids is 1. The van der Waals surface area contributed by atoms with Gasteiger partial charge in [-0.1, -0.05) is 0 Å². The van der Waals surface area contributed by atoms with Gasteiger partial charge in [-0.25, -0.2) is 0 Å². The molecule has 0 unspecified atom stereocenters. The van der Waals surface area contributed by atoms with Gasteiger partial charge in [0.15, 0.2) is 0 Å². The highest BCUT2D eigenvalue weighted by molar-refractivity contribution is 7.10. The number of nitrogens with two attached hydrogens (primary N) is 1. The number of nitrogens with zero attached hydrogens (tertiary/aromatic N) is 1. The molecular formula is C11H18N2OS. The Balaban J connectivity index is 2.45. The van der Waals surface area contributed by atoms with Crippen LogP contribution in [-0.2, 0) is 11.3 Å². The summed E-state index contributed by atoms with van der Waals surface area (Å²) < 4.78 is 0. The summed E-state index contributed by atoms with van der Waals surface area (Å²) in [5.74, 6) is 0.174. The molecule has 3 nitrogen and oxygen atoms in total. The van der Waals surface area contributed by atoms with Crippen LogP contribution in [0.1, 0.15) is 23.3 Å². The lowest BCUT2D eigenvalue weighted by molar-refractivity contribution is -0.130. The van der Waals surface area contributed by atoms with E-state index in [1.165, 1.54) is 10.4 Å². The molecule has 1 heterocycles. The molecule has 0 radical (unpaired) electrons. The maximum Gasteiger partial charge on any atom is 0.222 e. The molecule has 0 bridgehead atoms. The van der Waals surface area contributed by atoms with E-state index < -0.39 is 0 Å². The summed E-state index contributed by atoms with van der Waals surface area (Å²) in [6.45, 7) is 3.37. The summed E-state index contributed by atoms with van der Waals surface area (Å²) in [5, 5.41) is 2.06. The topological polar surface area (TPSA) is 46.3 Å². The Kier molecular flexibility index (Phi) is 4.78. The van der Waals surface area contributed by atoms with Crippen molar-refractivity contribution in [2.45, 2.75) is 26.3 Å². The van der Waals surface area contributed by atoms with Gasteiger partial charge in [-0.3, -0.25) is 4.79 Å². The molecule has 0 spiro atoms. The van der Waals surface area contributed by atoms with Crippen LogP contribution in [0.4, 0.5) is 0 Å². The first-order valence-corrected chi connectivity index (χ1v) is 6.00. The molecule has 1 amide bonds. The second kappa shape index (κ2) is 5.88. The maximum absolute atomic E-state index is 11.6. The molecule has 1 aromatic rings. The molecule has 0 atom stereocenters. The van der Waals surface area contributed by atoms with Crippen molar-refractivity contribution in [2.75, 3.05) is 13.6 Å². The number of aryl methyl sites for hydroxylation is 1. The Morgan fingerprint density at radius 2 is 2.33 bits per heavy atom. The van der Waals surface area contributed by atoms with E-state index in [9.17, 15) is 4.79 Å². The minimum atomic E-state index is 0.174. The Labute approximate surface area is 94.9 Å². The number of carbonyl (C=O) groups is 1. The molecule has 0 saturated carbocycles. The monoisotopic (exact) mass is 226 g/mol. The van der Waals surface area contributed by atoms with Crippen molar-refractivity contribution in [1.29, 1.82) is 0 Å². The largest absolute Gasteiger partial charge is 0.341 e. The molecule has 0 aliphatic heterocycles. The molecule has 0 aliphatic carbocycles. The van der Waals surface area contributed by atoms with Crippen molar-refractivity contribution in [3.8, 4) is 0 Å². The Morgan fingerprint density at radius 3 is 2.87 bits per heavy atom. The maximum atomic E-state index is 11.6. The predicted octanol–water partition coefficient (Wildman–Crippen LogP) is 1.75. The number of thiophene rings is 1. The van der Waals surface area contributed by atoms with Gasteiger partial charge in [-0.15, -0.1) is 11.3 Å². The zero-order valence-electron chi connectivity index (χ0n) is 9.32. The zero-order chi connectivity index (χ0) is 11.3. The Hall–Kier alpha value is -0.870. The van der Waals surface area contributed by atoms with E-state index in [0.717, 1.165) is 6.42 Å². The fourth-order valence-electron chi connectivity index (χ4n) is 1.31. The summed E-state index contributed by atoms with van der Waals surface area (Å²) in [6, 6.07) is 2.08. The van der Waals surface area contributed by atoms with Crippen LogP contribution >= 0.6 is 11.3 Å². The minimum absolute atomic E-state index is 0.174. The van der Waals surface area contributed by atoms with Gasteiger partial charge in [-0.05, 0) is 36.9 Å². The van der Waals surface area contributed by atoms with E-state index in [-0.39, 0.29) is 5.91 Å². The van der Waals surface area contributed by atoms with Crippen molar-refractivity contribution in [3.63, 3.8) is 0 Å².